The van der Waals surface area contributed by atoms with E-state index in [0.29, 0.717) is 0 Å². The number of fused-ring (bicyclic) bond motifs is 10. The van der Waals surface area contributed by atoms with E-state index in [1.807, 2.05) is 0 Å². The Morgan fingerprint density at radius 3 is 0.925 bits per heavy atom. The Hall–Kier alpha value is -9.10. The summed E-state index contributed by atoms with van der Waals surface area (Å²) in [5, 5.41) is 26.9. The van der Waals surface area contributed by atoms with Crippen LogP contribution in [0, 0.1) is 69.2 Å². The molecule has 0 saturated heterocycles. The van der Waals surface area contributed by atoms with Crippen LogP contribution in [0.1, 0.15) is 55.6 Å². The number of benzene rings is 15. The van der Waals surface area contributed by atoms with Crippen LogP contribution in [0.25, 0.3) is 108 Å². The summed E-state index contributed by atoms with van der Waals surface area (Å²) in [7, 11) is 0. The Bertz CT molecular complexity index is 4680. The zero-order chi connectivity index (χ0) is 55.6. The minimum Gasteiger partial charge on any atom is -0.0616 e. The van der Waals surface area contributed by atoms with Gasteiger partial charge in [0.15, 0.2) is 0 Å². The predicted molar refractivity (Wildman–Crippen MR) is 355 cm³/mol. The fourth-order valence-corrected chi connectivity index (χ4v) is 11.9. The molecule has 15 aromatic rings. The summed E-state index contributed by atoms with van der Waals surface area (Å²) in [6.45, 7) is 21.7. The highest BCUT2D eigenvalue weighted by molar-refractivity contribution is 6.05. The third-order valence-corrected chi connectivity index (χ3v) is 16.1. The lowest BCUT2D eigenvalue weighted by Crippen LogP contribution is -1.85. The molecule has 0 unspecified atom stereocenters. The zero-order valence-electron chi connectivity index (χ0n) is 48.1. The molecule has 15 aromatic carbocycles. The van der Waals surface area contributed by atoms with Crippen molar-refractivity contribution < 1.29 is 0 Å². The van der Waals surface area contributed by atoms with E-state index in [1.54, 1.807) is 0 Å². The van der Waals surface area contributed by atoms with E-state index in [2.05, 4.69) is 312 Å². The van der Waals surface area contributed by atoms with Gasteiger partial charge in [-0.3, -0.25) is 0 Å². The van der Waals surface area contributed by atoms with Gasteiger partial charge in [-0.25, -0.2) is 0 Å². The van der Waals surface area contributed by atoms with E-state index in [1.165, 1.54) is 163 Å². The number of hydrogen-bond donors (Lipinski definition) is 0. The van der Waals surface area contributed by atoms with Crippen LogP contribution in [0.5, 0.6) is 0 Å². The first-order valence-electron chi connectivity index (χ1n) is 28.2. The van der Waals surface area contributed by atoms with Gasteiger partial charge in [-0.1, -0.05) is 234 Å². The first-order chi connectivity index (χ1) is 38.7. The maximum Gasteiger partial charge on any atom is -0.0119 e. The first-order valence-corrected chi connectivity index (χ1v) is 28.2. The lowest BCUT2D eigenvalue weighted by atomic mass is 9.95. The van der Waals surface area contributed by atoms with Gasteiger partial charge in [0.25, 0.3) is 0 Å². The van der Waals surface area contributed by atoms with Gasteiger partial charge in [0.1, 0.15) is 0 Å². The molecule has 0 nitrogen and oxygen atoms in total. The highest BCUT2D eigenvalue weighted by Gasteiger charge is 2.07. The second kappa shape index (κ2) is 22.7. The average Bonchev–Trinajstić information content (AvgIpc) is 3.49. The minimum absolute atomic E-state index is 1.32. The SMILES string of the molecule is Cc1ccc2c(C)c3ccccc3cc2c1.Cc1ccc2cc3cc(C)ccc3cc2c1.Cc1ccc2cc3ccc(C)cc3cc2c1.Cc1ccc2cc3ccccc3c(C)c2c1.Cc1cccc2cc3ccccc3c(C)c12. The summed E-state index contributed by atoms with van der Waals surface area (Å²) in [5.74, 6) is 0. The standard InChI is InChI=1S/5C16H14/c1-11-3-5-13-10-16-8-12(2)4-6-14(16)9-15(13)7-11;1-11-3-5-13-9-14-6-4-12(2)8-16(14)10-15(13)7-11;1-11-6-5-8-14-10-13-7-3-4-9-15(13)12(2)16(11)14;1-11-7-8-16-12(2)15-6-4-3-5-13(15)10-14(16)9-11;1-11-7-8-14-10-13-5-3-4-6-15(13)12(2)16(14)9-11/h5*3-10H,1-2H3. The van der Waals surface area contributed by atoms with Gasteiger partial charge < -0.3 is 0 Å². The first kappa shape index (κ1) is 52.9. The largest absolute Gasteiger partial charge is 0.0616 e. The fourth-order valence-electron chi connectivity index (χ4n) is 11.9. The summed E-state index contributed by atoms with van der Waals surface area (Å²) in [5.41, 5.74) is 13.4. The summed E-state index contributed by atoms with van der Waals surface area (Å²) < 4.78 is 0. The molecule has 0 amide bonds. The highest BCUT2D eigenvalue weighted by atomic mass is 14.1. The normalized spacial score (nSPS) is 11.1. The smallest absolute Gasteiger partial charge is 0.0119 e. The van der Waals surface area contributed by atoms with Crippen LogP contribution in [0.2, 0.25) is 0 Å². The van der Waals surface area contributed by atoms with Gasteiger partial charge in [0.2, 0.25) is 0 Å². The van der Waals surface area contributed by atoms with Gasteiger partial charge in [-0.05, 0) is 242 Å². The Kier molecular flexibility index (Phi) is 15.0. The Labute approximate surface area is 472 Å². The van der Waals surface area contributed by atoms with Crippen LogP contribution in [-0.2, 0) is 0 Å². The van der Waals surface area contributed by atoms with E-state index in [4.69, 9.17) is 0 Å². The van der Waals surface area contributed by atoms with Crippen molar-refractivity contribution >= 4 is 108 Å². The summed E-state index contributed by atoms with van der Waals surface area (Å²) in [6.07, 6.45) is 0. The van der Waals surface area contributed by atoms with Gasteiger partial charge in [0, 0.05) is 0 Å². The van der Waals surface area contributed by atoms with E-state index in [-0.39, 0.29) is 0 Å². The lowest BCUT2D eigenvalue weighted by Gasteiger charge is -2.09. The molecule has 0 heteroatoms. The molecule has 0 heterocycles. The Morgan fingerprint density at radius 1 is 0.163 bits per heavy atom. The molecule has 15 rings (SSSR count). The van der Waals surface area contributed by atoms with Crippen LogP contribution in [-0.4, -0.2) is 0 Å². The van der Waals surface area contributed by atoms with Crippen molar-refractivity contribution in [2.24, 2.45) is 0 Å². The topological polar surface area (TPSA) is 0 Å². The molecule has 0 N–H and O–H groups in total. The van der Waals surface area contributed by atoms with E-state index in [9.17, 15) is 0 Å². The third kappa shape index (κ3) is 11.3. The van der Waals surface area contributed by atoms with Crippen molar-refractivity contribution in [3.8, 4) is 0 Å². The molecular weight excluding hydrogens is 961 g/mol. The third-order valence-electron chi connectivity index (χ3n) is 16.1. The van der Waals surface area contributed by atoms with Crippen molar-refractivity contribution in [2.45, 2.75) is 69.2 Å². The minimum atomic E-state index is 1.32. The van der Waals surface area contributed by atoms with Gasteiger partial charge in [-0.15, -0.1) is 0 Å². The number of hydrogen-bond acceptors (Lipinski definition) is 0. The highest BCUT2D eigenvalue weighted by Crippen LogP contribution is 2.33. The molecule has 0 atom stereocenters. The molecule has 0 aromatic heterocycles. The molecule has 0 spiro atoms. The quantitative estimate of drug-likeness (QED) is 0.133. The van der Waals surface area contributed by atoms with Crippen LogP contribution in [0.3, 0.4) is 0 Å². The second-order valence-electron chi connectivity index (χ2n) is 22.4. The Morgan fingerprint density at radius 2 is 0.450 bits per heavy atom. The fraction of sp³-hybridized carbons (Fsp3) is 0.125. The van der Waals surface area contributed by atoms with Crippen LogP contribution in [0.4, 0.5) is 0 Å². The van der Waals surface area contributed by atoms with Gasteiger partial charge >= 0.3 is 0 Å². The molecule has 0 aliphatic carbocycles. The van der Waals surface area contributed by atoms with Crippen molar-refractivity contribution in [3.63, 3.8) is 0 Å². The average molecular weight is 1030 g/mol. The van der Waals surface area contributed by atoms with Crippen molar-refractivity contribution in [1.82, 2.24) is 0 Å². The predicted octanol–water partition coefficient (Wildman–Crippen LogP) is 23.0. The van der Waals surface area contributed by atoms with Crippen LogP contribution in [0.15, 0.2) is 243 Å². The lowest BCUT2D eigenvalue weighted by molar-refractivity contribution is 1.49. The van der Waals surface area contributed by atoms with E-state index < -0.39 is 0 Å². The van der Waals surface area contributed by atoms with Crippen molar-refractivity contribution in [1.29, 1.82) is 0 Å². The summed E-state index contributed by atoms with van der Waals surface area (Å²) >= 11 is 0. The molecule has 0 aliphatic heterocycles. The van der Waals surface area contributed by atoms with Gasteiger partial charge in [0.05, 0.1) is 0 Å². The molecule has 0 aliphatic rings. The molecule has 0 saturated carbocycles. The van der Waals surface area contributed by atoms with E-state index >= 15 is 0 Å². The molecule has 0 fully saturated rings. The van der Waals surface area contributed by atoms with Crippen molar-refractivity contribution in [3.05, 3.63) is 298 Å². The van der Waals surface area contributed by atoms with Crippen LogP contribution < -0.4 is 0 Å². The zero-order valence-corrected chi connectivity index (χ0v) is 48.1. The van der Waals surface area contributed by atoms with Gasteiger partial charge in [-0.2, -0.15) is 0 Å². The second-order valence-corrected chi connectivity index (χ2v) is 22.4. The monoisotopic (exact) mass is 1030 g/mol. The molecule has 80 heavy (non-hydrogen) atoms. The molecule has 390 valence electrons. The number of aryl methyl sites for hydroxylation is 10. The van der Waals surface area contributed by atoms with E-state index in [0.717, 1.165) is 0 Å². The number of rotatable bonds is 0. The maximum atomic E-state index is 2.28. The van der Waals surface area contributed by atoms with Crippen molar-refractivity contribution in [2.75, 3.05) is 0 Å². The maximum absolute atomic E-state index is 2.28. The molecular formula is C80H70. The summed E-state index contributed by atoms with van der Waals surface area (Å²) in [4.78, 5) is 0. The molecule has 0 bridgehead atoms. The molecule has 0 radical (unpaired) electrons. The Balaban J connectivity index is 0.000000105. The van der Waals surface area contributed by atoms with Crippen LogP contribution >= 0.6 is 0 Å². The summed E-state index contributed by atoms with van der Waals surface area (Å²) in [6, 6.07) is 88.0.